The van der Waals surface area contributed by atoms with Gasteiger partial charge in [0.2, 0.25) is 0 Å². The number of nitro groups is 2. The van der Waals surface area contributed by atoms with Crippen LogP contribution >= 0.6 is 0 Å². The molecule has 0 aliphatic carbocycles. The Balaban J connectivity index is 2.18. The van der Waals surface area contributed by atoms with Crippen molar-refractivity contribution in [3.63, 3.8) is 0 Å². The summed E-state index contributed by atoms with van der Waals surface area (Å²) in [6.07, 6.45) is 0.871. The molecule has 0 amide bonds. The summed E-state index contributed by atoms with van der Waals surface area (Å²) in [6, 6.07) is 8.84. The first-order valence-corrected chi connectivity index (χ1v) is 7.92. The number of benzene rings is 2. The summed E-state index contributed by atoms with van der Waals surface area (Å²) < 4.78 is 10.9. The van der Waals surface area contributed by atoms with E-state index in [4.69, 9.17) is 9.47 Å². The van der Waals surface area contributed by atoms with E-state index >= 15 is 0 Å². The van der Waals surface area contributed by atoms with E-state index in [9.17, 15) is 20.2 Å². The number of hydrogen-bond donors (Lipinski definition) is 1. The van der Waals surface area contributed by atoms with Crippen molar-refractivity contribution in [1.29, 1.82) is 0 Å². The minimum absolute atomic E-state index is 0.200. The second kappa shape index (κ2) is 8.65. The molecule has 0 unspecified atom stereocenters. The monoisotopic (exact) mass is 361 g/mol. The molecule has 0 saturated heterocycles. The lowest BCUT2D eigenvalue weighted by atomic mass is 10.2. The standard InChI is InChI=1S/C17H19N3O6/c1-3-8-26-16-7-4-12(9-17(16)25-2)11-18-14-6-5-13(19(21)22)10-15(14)20(23)24/h4-7,9-10,18H,3,8,11H2,1-2H3. The summed E-state index contributed by atoms with van der Waals surface area (Å²) in [5.41, 5.74) is 0.333. The smallest absolute Gasteiger partial charge is 0.299 e. The Morgan fingerprint density at radius 2 is 1.81 bits per heavy atom. The van der Waals surface area contributed by atoms with Crippen molar-refractivity contribution in [3.05, 3.63) is 62.2 Å². The summed E-state index contributed by atoms with van der Waals surface area (Å²) >= 11 is 0. The summed E-state index contributed by atoms with van der Waals surface area (Å²) in [6.45, 7) is 2.86. The molecule has 0 heterocycles. The van der Waals surface area contributed by atoms with Gasteiger partial charge in [-0.15, -0.1) is 0 Å². The van der Waals surface area contributed by atoms with Gasteiger partial charge in [-0.3, -0.25) is 20.2 Å². The maximum atomic E-state index is 11.2. The first kappa shape index (κ1) is 19.0. The molecule has 0 fully saturated rings. The van der Waals surface area contributed by atoms with E-state index in [1.54, 1.807) is 12.1 Å². The van der Waals surface area contributed by atoms with Crippen LogP contribution in [0.3, 0.4) is 0 Å². The maximum Gasteiger partial charge on any atom is 0.299 e. The molecule has 0 bridgehead atoms. The van der Waals surface area contributed by atoms with E-state index in [0.29, 0.717) is 18.1 Å². The fourth-order valence-corrected chi connectivity index (χ4v) is 2.28. The molecule has 0 aliphatic rings. The molecule has 1 N–H and O–H groups in total. The van der Waals surface area contributed by atoms with Gasteiger partial charge in [0.05, 0.1) is 29.6 Å². The average molecular weight is 361 g/mol. The Morgan fingerprint density at radius 1 is 1.04 bits per heavy atom. The van der Waals surface area contributed by atoms with Gasteiger partial charge in [0.25, 0.3) is 11.4 Å². The summed E-state index contributed by atoms with van der Waals surface area (Å²) in [5, 5.41) is 24.9. The Bertz CT molecular complexity index is 809. The average Bonchev–Trinajstić information content (AvgIpc) is 2.64. The van der Waals surface area contributed by atoms with Crippen LogP contribution in [0.5, 0.6) is 11.5 Å². The number of nitro benzene ring substituents is 2. The lowest BCUT2D eigenvalue weighted by Crippen LogP contribution is -2.04. The van der Waals surface area contributed by atoms with Gasteiger partial charge >= 0.3 is 0 Å². The molecule has 9 heteroatoms. The number of anilines is 1. The number of nitrogens with zero attached hydrogens (tertiary/aromatic N) is 2. The van der Waals surface area contributed by atoms with Crippen LogP contribution in [0.25, 0.3) is 0 Å². The van der Waals surface area contributed by atoms with Gasteiger partial charge < -0.3 is 14.8 Å². The van der Waals surface area contributed by atoms with Crippen LogP contribution in [-0.2, 0) is 6.54 Å². The third-order valence-corrected chi connectivity index (χ3v) is 3.56. The zero-order valence-corrected chi connectivity index (χ0v) is 14.4. The number of rotatable bonds is 9. The van der Waals surface area contributed by atoms with E-state index in [0.717, 1.165) is 18.1 Å². The second-order valence-electron chi connectivity index (χ2n) is 5.40. The largest absolute Gasteiger partial charge is 0.493 e. The van der Waals surface area contributed by atoms with Crippen molar-refractivity contribution in [3.8, 4) is 11.5 Å². The highest BCUT2D eigenvalue weighted by Crippen LogP contribution is 2.31. The van der Waals surface area contributed by atoms with Crippen LogP contribution in [0, 0.1) is 20.2 Å². The van der Waals surface area contributed by atoms with Crippen LogP contribution in [0.2, 0.25) is 0 Å². The number of nitrogens with one attached hydrogen (secondary N) is 1. The Hall–Kier alpha value is -3.36. The fraction of sp³-hybridized carbons (Fsp3) is 0.294. The van der Waals surface area contributed by atoms with Crippen molar-refractivity contribution in [2.75, 3.05) is 19.0 Å². The van der Waals surface area contributed by atoms with Gasteiger partial charge in [-0.25, -0.2) is 0 Å². The van der Waals surface area contributed by atoms with Crippen molar-refractivity contribution in [2.45, 2.75) is 19.9 Å². The normalized spacial score (nSPS) is 10.2. The first-order valence-electron chi connectivity index (χ1n) is 7.92. The number of non-ortho nitro benzene ring substituents is 1. The fourth-order valence-electron chi connectivity index (χ4n) is 2.28. The molecule has 0 saturated carbocycles. The SMILES string of the molecule is CCCOc1ccc(CNc2ccc([N+](=O)[O-])cc2[N+](=O)[O-])cc1OC. The van der Waals surface area contributed by atoms with Crippen molar-refractivity contribution in [2.24, 2.45) is 0 Å². The predicted molar refractivity (Wildman–Crippen MR) is 95.9 cm³/mol. The van der Waals surface area contributed by atoms with Gasteiger partial charge in [0, 0.05) is 12.6 Å². The highest BCUT2D eigenvalue weighted by atomic mass is 16.6. The molecule has 2 aromatic rings. The molecular weight excluding hydrogens is 342 g/mol. The van der Waals surface area contributed by atoms with Crippen molar-refractivity contribution >= 4 is 17.1 Å². The molecule has 0 radical (unpaired) electrons. The second-order valence-corrected chi connectivity index (χ2v) is 5.40. The highest BCUT2D eigenvalue weighted by molar-refractivity contribution is 5.65. The Kier molecular flexibility index (Phi) is 6.31. The molecule has 0 atom stereocenters. The number of ether oxygens (including phenoxy) is 2. The first-order chi connectivity index (χ1) is 12.5. The van der Waals surface area contributed by atoms with Crippen molar-refractivity contribution in [1.82, 2.24) is 0 Å². The zero-order valence-electron chi connectivity index (χ0n) is 14.4. The highest BCUT2D eigenvalue weighted by Gasteiger charge is 2.19. The lowest BCUT2D eigenvalue weighted by Gasteiger charge is -2.12. The Labute approximate surface area is 149 Å². The van der Waals surface area contributed by atoms with Gasteiger partial charge in [-0.1, -0.05) is 13.0 Å². The van der Waals surface area contributed by atoms with E-state index in [2.05, 4.69) is 5.32 Å². The van der Waals surface area contributed by atoms with Crippen LogP contribution in [-0.4, -0.2) is 23.6 Å². The molecule has 138 valence electrons. The van der Waals surface area contributed by atoms with E-state index < -0.39 is 9.85 Å². The van der Waals surface area contributed by atoms with Gasteiger partial charge in [-0.05, 0) is 30.2 Å². The van der Waals surface area contributed by atoms with E-state index in [1.165, 1.54) is 19.2 Å². The molecular formula is C17H19N3O6. The molecule has 2 rings (SSSR count). The third kappa shape index (κ3) is 4.59. The van der Waals surface area contributed by atoms with Crippen LogP contribution < -0.4 is 14.8 Å². The molecule has 26 heavy (non-hydrogen) atoms. The molecule has 0 aliphatic heterocycles. The molecule has 2 aromatic carbocycles. The van der Waals surface area contributed by atoms with E-state index in [1.807, 2.05) is 13.0 Å². The molecule has 9 nitrogen and oxygen atoms in total. The van der Waals surface area contributed by atoms with Crippen LogP contribution in [0.4, 0.5) is 17.1 Å². The van der Waals surface area contributed by atoms with Crippen LogP contribution in [0.15, 0.2) is 36.4 Å². The minimum Gasteiger partial charge on any atom is -0.493 e. The van der Waals surface area contributed by atoms with Gasteiger partial charge in [0.1, 0.15) is 5.69 Å². The molecule has 0 aromatic heterocycles. The predicted octanol–water partition coefficient (Wildman–Crippen LogP) is 3.91. The van der Waals surface area contributed by atoms with Crippen LogP contribution in [0.1, 0.15) is 18.9 Å². The molecule has 0 spiro atoms. The van der Waals surface area contributed by atoms with Gasteiger partial charge in [0.15, 0.2) is 11.5 Å². The third-order valence-electron chi connectivity index (χ3n) is 3.56. The maximum absolute atomic E-state index is 11.2. The summed E-state index contributed by atoms with van der Waals surface area (Å²) in [7, 11) is 1.53. The number of hydrogen-bond acceptors (Lipinski definition) is 7. The topological polar surface area (TPSA) is 117 Å². The Morgan fingerprint density at radius 3 is 2.42 bits per heavy atom. The van der Waals surface area contributed by atoms with E-state index in [-0.39, 0.29) is 23.6 Å². The summed E-state index contributed by atoms with van der Waals surface area (Å²) in [5.74, 6) is 1.19. The minimum atomic E-state index is -0.670. The summed E-state index contributed by atoms with van der Waals surface area (Å²) in [4.78, 5) is 20.6. The van der Waals surface area contributed by atoms with Gasteiger partial charge in [-0.2, -0.15) is 0 Å². The lowest BCUT2D eigenvalue weighted by molar-refractivity contribution is -0.393. The quantitative estimate of drug-likeness (QED) is 0.531. The number of methoxy groups -OCH3 is 1. The van der Waals surface area contributed by atoms with Crippen molar-refractivity contribution < 1.29 is 19.3 Å². The zero-order chi connectivity index (χ0) is 19.1.